The summed E-state index contributed by atoms with van der Waals surface area (Å²) in [6.45, 7) is 0.761. The minimum Gasteiger partial charge on any atom is -0.485 e. The zero-order valence-electron chi connectivity index (χ0n) is 19.5. The summed E-state index contributed by atoms with van der Waals surface area (Å²) in [4.78, 5) is 18.7. The Hall–Kier alpha value is -3.04. The van der Waals surface area contributed by atoms with Crippen molar-refractivity contribution in [2.75, 3.05) is 31.6 Å². The van der Waals surface area contributed by atoms with Gasteiger partial charge in [-0.25, -0.2) is 12.8 Å². The fraction of sp³-hybridized carbons (Fsp3) is 0.385. The molecule has 5 rings (SSSR count). The van der Waals surface area contributed by atoms with Crippen LogP contribution in [0.3, 0.4) is 0 Å². The maximum absolute atomic E-state index is 14.9. The number of amides is 1. The molecule has 0 bridgehead atoms. The number of aromatic nitrogens is 1. The van der Waals surface area contributed by atoms with E-state index in [2.05, 4.69) is 10.3 Å². The molecule has 2 aromatic carbocycles. The molecule has 2 aliphatic heterocycles. The summed E-state index contributed by atoms with van der Waals surface area (Å²) in [6.07, 6.45) is 2.78. The third-order valence-corrected chi connectivity index (χ3v) is 8.58. The molecule has 1 saturated heterocycles. The highest BCUT2D eigenvalue weighted by molar-refractivity contribution is 7.91. The van der Waals surface area contributed by atoms with Crippen LogP contribution in [0, 0.1) is 5.82 Å². The molecule has 2 atom stereocenters. The first-order valence-corrected chi connectivity index (χ1v) is 13.6. The molecule has 1 N–H and O–H groups in total. The number of hydrogen-bond acceptors (Lipinski definition) is 6. The third kappa shape index (κ3) is 5.31. The number of fused-ring (bicyclic) bond motifs is 2. The Labute approximate surface area is 204 Å². The normalized spacial score (nSPS) is 20.7. The number of benzene rings is 2. The number of carbonyl (C=O) groups excluding carboxylic acids is 1. The largest absolute Gasteiger partial charge is 0.485 e. The van der Waals surface area contributed by atoms with Crippen molar-refractivity contribution in [2.24, 2.45) is 0 Å². The Balaban J connectivity index is 1.16. The van der Waals surface area contributed by atoms with E-state index in [-0.39, 0.29) is 48.3 Å². The van der Waals surface area contributed by atoms with Crippen molar-refractivity contribution in [3.8, 4) is 16.9 Å². The smallest absolute Gasteiger partial charge is 0.221 e. The molecule has 3 heterocycles. The van der Waals surface area contributed by atoms with E-state index in [9.17, 15) is 17.6 Å². The second-order valence-corrected chi connectivity index (χ2v) is 11.6. The predicted octanol–water partition coefficient (Wildman–Crippen LogP) is 2.97. The number of para-hydroxylation sites is 1. The lowest BCUT2D eigenvalue weighted by Gasteiger charge is -2.22. The van der Waals surface area contributed by atoms with Crippen LogP contribution in [0.15, 0.2) is 48.7 Å². The number of halogens is 1. The van der Waals surface area contributed by atoms with Crippen LogP contribution in [0.5, 0.6) is 5.75 Å². The number of sulfone groups is 1. The Morgan fingerprint density at radius 2 is 2.06 bits per heavy atom. The van der Waals surface area contributed by atoms with E-state index in [0.717, 1.165) is 27.6 Å². The third-order valence-electron chi connectivity index (χ3n) is 6.83. The minimum atomic E-state index is -2.95. The molecule has 0 radical (unpaired) electrons. The van der Waals surface area contributed by atoms with Gasteiger partial charge in [0, 0.05) is 48.1 Å². The molecule has 3 aromatic rings. The highest BCUT2D eigenvalue weighted by Gasteiger charge is 2.31. The standard InChI is InChI=1S/C26H28FN3O4S/c1-30(21-7-9-35(32,33)16-21)8-6-25(31)29-15-22-12-19-11-18(13-23(27)26(19)34-22)20-10-17-4-2-3-5-24(17)28-14-20/h2-5,10-11,13-14,21-22H,6-9,12,15-16H2,1H3,(H,29,31)/t21-,22+/m1/s1. The molecular weight excluding hydrogens is 469 g/mol. The van der Waals surface area contributed by atoms with Gasteiger partial charge in [0.2, 0.25) is 5.91 Å². The van der Waals surface area contributed by atoms with Crippen molar-refractivity contribution >= 4 is 26.6 Å². The van der Waals surface area contributed by atoms with Gasteiger partial charge < -0.3 is 15.0 Å². The van der Waals surface area contributed by atoms with E-state index in [1.807, 2.05) is 48.3 Å². The predicted molar refractivity (Wildman–Crippen MR) is 133 cm³/mol. The number of nitrogens with one attached hydrogen (secondary N) is 1. The van der Waals surface area contributed by atoms with E-state index in [0.29, 0.717) is 19.4 Å². The van der Waals surface area contributed by atoms with Crippen molar-refractivity contribution in [3.63, 3.8) is 0 Å². The van der Waals surface area contributed by atoms with Crippen molar-refractivity contribution in [2.45, 2.75) is 31.4 Å². The quantitative estimate of drug-likeness (QED) is 0.540. The first-order valence-electron chi connectivity index (χ1n) is 11.8. The molecule has 0 aliphatic carbocycles. The fourth-order valence-electron chi connectivity index (χ4n) is 4.80. The van der Waals surface area contributed by atoms with E-state index in [1.165, 1.54) is 6.07 Å². The lowest BCUT2D eigenvalue weighted by atomic mass is 10.0. The number of pyridine rings is 1. The average molecular weight is 498 g/mol. The fourth-order valence-corrected chi connectivity index (χ4v) is 6.60. The zero-order chi connectivity index (χ0) is 24.6. The van der Waals surface area contributed by atoms with E-state index in [1.54, 1.807) is 6.20 Å². The Kier molecular flexibility index (Phi) is 6.46. The van der Waals surface area contributed by atoms with Crippen LogP contribution >= 0.6 is 0 Å². The Morgan fingerprint density at radius 1 is 1.23 bits per heavy atom. The van der Waals surface area contributed by atoms with E-state index in [4.69, 9.17) is 4.74 Å². The van der Waals surface area contributed by atoms with Crippen LogP contribution in [-0.4, -0.2) is 68.0 Å². The topological polar surface area (TPSA) is 88.6 Å². The molecule has 0 spiro atoms. The molecule has 0 unspecified atom stereocenters. The Bertz CT molecular complexity index is 1380. The monoisotopic (exact) mass is 497 g/mol. The lowest BCUT2D eigenvalue weighted by Crippen LogP contribution is -2.38. The van der Waals surface area contributed by atoms with Crippen molar-refractivity contribution in [1.82, 2.24) is 15.2 Å². The van der Waals surface area contributed by atoms with Gasteiger partial charge in [-0.2, -0.15) is 0 Å². The molecule has 0 saturated carbocycles. The van der Waals surface area contributed by atoms with Crippen LogP contribution in [0.4, 0.5) is 4.39 Å². The van der Waals surface area contributed by atoms with Crippen LogP contribution in [0.25, 0.3) is 22.0 Å². The van der Waals surface area contributed by atoms with Gasteiger partial charge >= 0.3 is 0 Å². The summed E-state index contributed by atoms with van der Waals surface area (Å²) >= 11 is 0. The summed E-state index contributed by atoms with van der Waals surface area (Å²) in [5, 5.41) is 3.86. The summed E-state index contributed by atoms with van der Waals surface area (Å²) in [6, 6.07) is 13.1. The van der Waals surface area contributed by atoms with Crippen molar-refractivity contribution < 1.29 is 22.3 Å². The Morgan fingerprint density at radius 3 is 2.86 bits per heavy atom. The van der Waals surface area contributed by atoms with Gasteiger partial charge in [-0.3, -0.25) is 9.78 Å². The maximum atomic E-state index is 14.9. The average Bonchev–Trinajstić information content (AvgIpc) is 3.43. The molecule has 1 aromatic heterocycles. The maximum Gasteiger partial charge on any atom is 0.221 e. The first-order chi connectivity index (χ1) is 16.8. The number of carbonyl (C=O) groups is 1. The highest BCUT2D eigenvalue weighted by atomic mass is 32.2. The molecular formula is C26H28FN3O4S. The highest BCUT2D eigenvalue weighted by Crippen LogP contribution is 2.36. The van der Waals surface area contributed by atoms with Gasteiger partial charge in [0.1, 0.15) is 6.10 Å². The van der Waals surface area contributed by atoms with Gasteiger partial charge in [0.25, 0.3) is 0 Å². The summed E-state index contributed by atoms with van der Waals surface area (Å²) in [5.74, 6) is 0.0446. The van der Waals surface area contributed by atoms with Crippen molar-refractivity contribution in [3.05, 3.63) is 60.0 Å². The number of rotatable bonds is 7. The first kappa shape index (κ1) is 23.7. The molecule has 7 nitrogen and oxygen atoms in total. The van der Waals surface area contributed by atoms with Gasteiger partial charge in [-0.1, -0.05) is 18.2 Å². The van der Waals surface area contributed by atoms with E-state index < -0.39 is 15.7 Å². The molecule has 1 fully saturated rings. The van der Waals surface area contributed by atoms with Crippen LogP contribution < -0.4 is 10.1 Å². The van der Waals surface area contributed by atoms with Gasteiger partial charge in [0.15, 0.2) is 21.4 Å². The molecule has 2 aliphatic rings. The summed E-state index contributed by atoms with van der Waals surface area (Å²) in [7, 11) is -1.11. The molecule has 35 heavy (non-hydrogen) atoms. The van der Waals surface area contributed by atoms with E-state index >= 15 is 0 Å². The van der Waals surface area contributed by atoms with Crippen molar-refractivity contribution in [1.29, 1.82) is 0 Å². The van der Waals surface area contributed by atoms with Gasteiger partial charge in [-0.05, 0) is 43.3 Å². The summed E-state index contributed by atoms with van der Waals surface area (Å²) < 4.78 is 44.0. The zero-order valence-corrected chi connectivity index (χ0v) is 20.4. The second-order valence-electron chi connectivity index (χ2n) is 9.40. The second kappa shape index (κ2) is 9.54. The minimum absolute atomic E-state index is 0.0320. The van der Waals surface area contributed by atoms with Crippen LogP contribution in [0.2, 0.25) is 0 Å². The van der Waals surface area contributed by atoms with Gasteiger partial charge in [0.05, 0.1) is 23.6 Å². The number of ether oxygens (including phenoxy) is 1. The number of hydrogen-bond donors (Lipinski definition) is 1. The van der Waals surface area contributed by atoms with Crippen LogP contribution in [0.1, 0.15) is 18.4 Å². The number of nitrogens with zero attached hydrogens (tertiary/aromatic N) is 2. The van der Waals surface area contributed by atoms with Gasteiger partial charge in [-0.15, -0.1) is 0 Å². The molecule has 1 amide bonds. The van der Waals surface area contributed by atoms with Crippen LogP contribution in [-0.2, 0) is 21.1 Å². The summed E-state index contributed by atoms with van der Waals surface area (Å²) in [5.41, 5.74) is 3.23. The lowest BCUT2D eigenvalue weighted by molar-refractivity contribution is -0.121. The molecule has 9 heteroatoms. The molecule has 184 valence electrons. The SMILES string of the molecule is CN(CCC(=O)NC[C@@H]1Cc2cc(-c3cnc4ccccc4c3)cc(F)c2O1)[C@@H]1CCS(=O)(=O)C1.